The number of fused-ring (bicyclic) bond motifs is 1. The van der Waals surface area contributed by atoms with Crippen LogP contribution in [0.5, 0.6) is 11.6 Å². The monoisotopic (exact) mass is 703 g/mol. The predicted molar refractivity (Wildman–Crippen MR) is 176 cm³/mol. The lowest BCUT2D eigenvalue weighted by Crippen LogP contribution is -2.54. The van der Waals surface area contributed by atoms with Gasteiger partial charge >= 0.3 is 0 Å². The van der Waals surface area contributed by atoms with Gasteiger partial charge in [0.05, 0.1) is 18.2 Å². The third kappa shape index (κ3) is 7.46. The number of hydrogen-bond donors (Lipinski definition) is 4. The average Bonchev–Trinajstić information content (AvgIpc) is 3.82. The third-order valence-corrected chi connectivity index (χ3v) is 9.29. The molecular formula is C33H33N7O9S. The van der Waals surface area contributed by atoms with Gasteiger partial charge in [-0.1, -0.05) is 6.07 Å². The second-order valence-corrected chi connectivity index (χ2v) is 12.8. The number of imide groups is 2. The van der Waals surface area contributed by atoms with Crippen molar-refractivity contribution in [2.24, 2.45) is 5.92 Å². The summed E-state index contributed by atoms with van der Waals surface area (Å²) in [6.07, 6.45) is 4.42. The molecule has 0 radical (unpaired) electrons. The molecule has 2 aliphatic heterocycles. The molecule has 0 bridgehead atoms. The maximum absolute atomic E-state index is 13.2. The van der Waals surface area contributed by atoms with Gasteiger partial charge in [0.1, 0.15) is 22.6 Å². The van der Waals surface area contributed by atoms with E-state index in [9.17, 15) is 33.6 Å². The predicted octanol–water partition coefficient (Wildman–Crippen LogP) is 1.67. The molecule has 2 aromatic heterocycles. The third-order valence-electron chi connectivity index (χ3n) is 8.20. The Labute approximate surface area is 289 Å². The van der Waals surface area contributed by atoms with Crippen molar-refractivity contribution in [2.75, 3.05) is 32.1 Å². The van der Waals surface area contributed by atoms with Gasteiger partial charge in [0.2, 0.25) is 23.6 Å². The molecule has 260 valence electrons. The fourth-order valence-corrected chi connectivity index (χ4v) is 6.42. The number of unbranched alkanes of at least 4 members (excludes halogenated alkanes) is 1. The Morgan fingerprint density at radius 2 is 1.80 bits per heavy atom. The Morgan fingerprint density at radius 1 is 1.02 bits per heavy atom. The van der Waals surface area contributed by atoms with Crippen LogP contribution < -0.4 is 30.7 Å². The SMILES string of the molecule is COc1nc(-c2ccnc(NC(=O)C3CC3)c2)sc1C(=O)NCCCCNC(=O)COc1cccc2c1C(=O)N(C1CCC(=O)NC1=O)C2=O. The zero-order chi connectivity index (χ0) is 35.4. The summed E-state index contributed by atoms with van der Waals surface area (Å²) < 4.78 is 10.9. The van der Waals surface area contributed by atoms with Crippen LogP contribution >= 0.6 is 11.3 Å². The fraction of sp³-hybridized carbons (Fsp3) is 0.364. The summed E-state index contributed by atoms with van der Waals surface area (Å²) in [6.45, 7) is 0.192. The number of ether oxygens (including phenoxy) is 2. The molecule has 3 aliphatic rings. The van der Waals surface area contributed by atoms with E-state index in [0.717, 1.165) is 29.1 Å². The summed E-state index contributed by atoms with van der Waals surface area (Å²) in [6, 6.07) is 6.72. The molecule has 16 nitrogen and oxygen atoms in total. The van der Waals surface area contributed by atoms with Crippen LogP contribution in [-0.4, -0.2) is 89.1 Å². The number of amides is 7. The van der Waals surface area contributed by atoms with Gasteiger partial charge in [-0.3, -0.25) is 43.8 Å². The highest BCUT2D eigenvalue weighted by atomic mass is 32.1. The van der Waals surface area contributed by atoms with E-state index >= 15 is 0 Å². The molecule has 1 aromatic carbocycles. The first-order valence-electron chi connectivity index (χ1n) is 16.0. The van der Waals surface area contributed by atoms with Crippen molar-refractivity contribution in [3.8, 4) is 22.2 Å². The molecule has 7 amide bonds. The van der Waals surface area contributed by atoms with Gasteiger partial charge in [0.25, 0.3) is 23.6 Å². The molecule has 1 unspecified atom stereocenters. The lowest BCUT2D eigenvalue weighted by Gasteiger charge is -2.27. The Morgan fingerprint density at radius 3 is 2.54 bits per heavy atom. The van der Waals surface area contributed by atoms with Gasteiger partial charge in [-0.2, -0.15) is 0 Å². The second kappa shape index (κ2) is 14.8. The largest absolute Gasteiger partial charge is 0.483 e. The first-order chi connectivity index (χ1) is 24.1. The van der Waals surface area contributed by atoms with Crippen molar-refractivity contribution in [3.63, 3.8) is 0 Å². The van der Waals surface area contributed by atoms with Gasteiger partial charge < -0.3 is 25.4 Å². The van der Waals surface area contributed by atoms with Gasteiger partial charge in [0, 0.05) is 37.2 Å². The topological polar surface area (TPSA) is 215 Å². The molecule has 2 fully saturated rings. The summed E-state index contributed by atoms with van der Waals surface area (Å²) in [5.74, 6) is -2.83. The number of carbonyl (C=O) groups excluding carboxylic acids is 7. The Balaban J connectivity index is 0.938. The van der Waals surface area contributed by atoms with E-state index in [1.54, 1.807) is 18.3 Å². The van der Waals surface area contributed by atoms with Crippen LogP contribution in [0.2, 0.25) is 0 Å². The maximum atomic E-state index is 13.2. The van der Waals surface area contributed by atoms with E-state index in [1.165, 1.54) is 25.3 Å². The molecule has 50 heavy (non-hydrogen) atoms. The van der Waals surface area contributed by atoms with E-state index in [-0.39, 0.29) is 53.3 Å². The molecule has 1 aliphatic carbocycles. The van der Waals surface area contributed by atoms with E-state index in [1.807, 2.05) is 0 Å². The number of carbonyl (C=O) groups is 7. The quantitative estimate of drug-likeness (QED) is 0.140. The Bertz CT molecular complexity index is 1890. The van der Waals surface area contributed by atoms with Crippen molar-refractivity contribution < 1.29 is 43.0 Å². The van der Waals surface area contributed by atoms with Gasteiger partial charge in [-0.15, -0.1) is 11.3 Å². The van der Waals surface area contributed by atoms with Crippen molar-refractivity contribution in [1.82, 2.24) is 30.8 Å². The number of anilines is 1. The average molecular weight is 704 g/mol. The number of thiazole rings is 1. The smallest absolute Gasteiger partial charge is 0.267 e. The highest BCUT2D eigenvalue weighted by Crippen LogP contribution is 2.35. The maximum Gasteiger partial charge on any atom is 0.267 e. The number of piperidine rings is 1. The van der Waals surface area contributed by atoms with Crippen LogP contribution in [0.3, 0.4) is 0 Å². The summed E-state index contributed by atoms with van der Waals surface area (Å²) in [5.41, 5.74) is 0.685. The van der Waals surface area contributed by atoms with Gasteiger partial charge in [-0.05, 0) is 56.4 Å². The minimum absolute atomic E-state index is 0.000910. The van der Waals surface area contributed by atoms with Crippen LogP contribution in [0, 0.1) is 5.92 Å². The summed E-state index contributed by atoms with van der Waals surface area (Å²) in [7, 11) is 1.43. The normalized spacial score (nSPS) is 16.8. The Kier molecular flexibility index (Phi) is 10.1. The highest BCUT2D eigenvalue weighted by molar-refractivity contribution is 7.17. The molecule has 17 heteroatoms. The molecule has 3 aromatic rings. The van der Waals surface area contributed by atoms with Crippen LogP contribution in [0.1, 0.15) is 68.9 Å². The van der Waals surface area contributed by atoms with E-state index in [0.29, 0.717) is 47.2 Å². The Hall–Kier alpha value is -5.71. The fourth-order valence-electron chi connectivity index (χ4n) is 5.48. The number of aromatic nitrogens is 2. The molecule has 1 atom stereocenters. The zero-order valence-electron chi connectivity index (χ0n) is 26.9. The molecule has 6 rings (SSSR count). The van der Waals surface area contributed by atoms with E-state index < -0.39 is 42.2 Å². The first-order valence-corrected chi connectivity index (χ1v) is 16.8. The lowest BCUT2D eigenvalue weighted by atomic mass is 10.0. The summed E-state index contributed by atoms with van der Waals surface area (Å²) in [5, 5.41) is 11.0. The summed E-state index contributed by atoms with van der Waals surface area (Å²) in [4.78, 5) is 97.3. The number of methoxy groups -OCH3 is 1. The number of rotatable bonds is 14. The highest BCUT2D eigenvalue weighted by Gasteiger charge is 2.46. The minimum Gasteiger partial charge on any atom is -0.483 e. The lowest BCUT2D eigenvalue weighted by molar-refractivity contribution is -0.136. The van der Waals surface area contributed by atoms with Crippen molar-refractivity contribution in [2.45, 2.75) is 44.6 Å². The standard InChI is InChI=1S/C33H33N7O9S/c1-48-30-26(50-31(39-30)18-11-14-34-22(15-18)37-27(43)17-7-8-17)29(45)36-13-3-2-12-35-24(42)16-49-21-6-4-5-19-25(21)33(47)40(32(19)46)20-9-10-23(41)38-28(20)44/h4-6,11,14-15,17,20H,2-3,7-10,12-13,16H2,1H3,(H,35,42)(H,36,45)(H,34,37,43)(H,38,41,44). The number of benzene rings is 1. The van der Waals surface area contributed by atoms with Crippen molar-refractivity contribution in [3.05, 3.63) is 52.5 Å². The van der Waals surface area contributed by atoms with Crippen LogP contribution in [0.4, 0.5) is 5.82 Å². The van der Waals surface area contributed by atoms with Crippen LogP contribution in [0.15, 0.2) is 36.5 Å². The number of hydrogen-bond acceptors (Lipinski definition) is 12. The minimum atomic E-state index is -1.11. The first kappa shape index (κ1) is 34.2. The molecule has 4 heterocycles. The molecule has 0 spiro atoms. The number of pyridine rings is 1. The zero-order valence-corrected chi connectivity index (χ0v) is 27.7. The van der Waals surface area contributed by atoms with E-state index in [2.05, 4.69) is 31.2 Å². The molecular weight excluding hydrogens is 670 g/mol. The summed E-state index contributed by atoms with van der Waals surface area (Å²) >= 11 is 1.15. The van der Waals surface area contributed by atoms with Gasteiger partial charge in [-0.25, -0.2) is 9.97 Å². The molecule has 1 saturated carbocycles. The van der Waals surface area contributed by atoms with Crippen molar-refractivity contribution >= 4 is 58.5 Å². The number of nitrogens with zero attached hydrogens (tertiary/aromatic N) is 3. The van der Waals surface area contributed by atoms with Crippen LogP contribution in [-0.2, 0) is 19.2 Å². The molecule has 4 N–H and O–H groups in total. The number of nitrogens with one attached hydrogen (secondary N) is 4. The molecule has 1 saturated heterocycles. The second-order valence-electron chi connectivity index (χ2n) is 11.8. The van der Waals surface area contributed by atoms with Crippen molar-refractivity contribution in [1.29, 1.82) is 0 Å². The van der Waals surface area contributed by atoms with E-state index in [4.69, 9.17) is 9.47 Å². The van der Waals surface area contributed by atoms with Gasteiger partial charge in [0.15, 0.2) is 11.5 Å². The van der Waals surface area contributed by atoms with Crippen LogP contribution in [0.25, 0.3) is 10.6 Å².